The molecule has 0 saturated carbocycles. The number of para-hydroxylation sites is 1. The van der Waals surface area contributed by atoms with E-state index >= 15 is 0 Å². The lowest BCUT2D eigenvalue weighted by molar-refractivity contribution is 0.0998. The summed E-state index contributed by atoms with van der Waals surface area (Å²) in [4.78, 5) is 26.6. The zero-order valence-electron chi connectivity index (χ0n) is 14.4. The summed E-state index contributed by atoms with van der Waals surface area (Å²) in [6.45, 7) is 2.07. The SMILES string of the molecule is NC(=O)c1cnn2c1C[C@@H](CNCc1cc3ccccc3[nH]c1=O)CC2. The minimum Gasteiger partial charge on any atom is -0.365 e. The van der Waals surface area contributed by atoms with Crippen molar-refractivity contribution in [2.75, 3.05) is 6.54 Å². The van der Waals surface area contributed by atoms with Crippen LogP contribution in [0.25, 0.3) is 10.9 Å². The number of carbonyl (C=O) groups is 1. The molecule has 7 heteroatoms. The minimum atomic E-state index is -0.428. The summed E-state index contributed by atoms with van der Waals surface area (Å²) in [7, 11) is 0. The molecule has 0 saturated heterocycles. The number of rotatable bonds is 5. The fourth-order valence-corrected chi connectivity index (χ4v) is 3.61. The summed E-state index contributed by atoms with van der Waals surface area (Å²) in [6.07, 6.45) is 3.30. The van der Waals surface area contributed by atoms with Crippen molar-refractivity contribution < 1.29 is 4.79 Å². The molecule has 7 nitrogen and oxygen atoms in total. The molecule has 1 aromatic carbocycles. The second-order valence-corrected chi connectivity index (χ2v) is 6.79. The Labute approximate surface area is 150 Å². The van der Waals surface area contributed by atoms with Gasteiger partial charge in [0, 0.05) is 24.2 Å². The van der Waals surface area contributed by atoms with E-state index in [1.807, 2.05) is 35.0 Å². The average Bonchev–Trinajstić information content (AvgIpc) is 3.05. The molecule has 0 spiro atoms. The number of amides is 1. The summed E-state index contributed by atoms with van der Waals surface area (Å²) in [5, 5.41) is 8.64. The molecule has 1 atom stereocenters. The topological polar surface area (TPSA) is 106 Å². The van der Waals surface area contributed by atoms with Gasteiger partial charge in [0.25, 0.3) is 11.5 Å². The zero-order chi connectivity index (χ0) is 18.1. The molecule has 2 aromatic heterocycles. The van der Waals surface area contributed by atoms with Gasteiger partial charge in [0.05, 0.1) is 17.5 Å². The maximum atomic E-state index is 12.2. The van der Waals surface area contributed by atoms with Crippen LogP contribution < -0.4 is 16.6 Å². The van der Waals surface area contributed by atoms with Crippen molar-refractivity contribution in [3.63, 3.8) is 0 Å². The van der Waals surface area contributed by atoms with Gasteiger partial charge in [-0.1, -0.05) is 18.2 Å². The fraction of sp³-hybridized carbons (Fsp3) is 0.316. The van der Waals surface area contributed by atoms with Crippen LogP contribution >= 0.6 is 0 Å². The van der Waals surface area contributed by atoms with E-state index in [9.17, 15) is 9.59 Å². The van der Waals surface area contributed by atoms with Gasteiger partial charge < -0.3 is 16.0 Å². The predicted octanol–water partition coefficient (Wildman–Crippen LogP) is 1.18. The van der Waals surface area contributed by atoms with Crippen molar-refractivity contribution in [1.29, 1.82) is 0 Å². The number of carbonyl (C=O) groups excluding carboxylic acids is 1. The Kier molecular flexibility index (Phi) is 4.30. The number of pyridine rings is 1. The fourth-order valence-electron chi connectivity index (χ4n) is 3.61. The van der Waals surface area contributed by atoms with E-state index in [1.54, 1.807) is 6.20 Å². The number of aromatic amines is 1. The number of nitrogens with one attached hydrogen (secondary N) is 2. The van der Waals surface area contributed by atoms with Gasteiger partial charge in [0.1, 0.15) is 0 Å². The molecule has 4 rings (SSSR count). The molecule has 3 heterocycles. The van der Waals surface area contributed by atoms with Gasteiger partial charge in [0.15, 0.2) is 0 Å². The first-order valence-corrected chi connectivity index (χ1v) is 8.78. The summed E-state index contributed by atoms with van der Waals surface area (Å²) < 4.78 is 1.87. The van der Waals surface area contributed by atoms with Crippen LogP contribution in [-0.2, 0) is 19.5 Å². The van der Waals surface area contributed by atoms with Crippen molar-refractivity contribution >= 4 is 16.8 Å². The smallest absolute Gasteiger partial charge is 0.252 e. The molecule has 1 aliphatic heterocycles. The van der Waals surface area contributed by atoms with E-state index in [2.05, 4.69) is 15.4 Å². The van der Waals surface area contributed by atoms with Crippen LogP contribution in [0.3, 0.4) is 0 Å². The first-order valence-electron chi connectivity index (χ1n) is 8.78. The van der Waals surface area contributed by atoms with E-state index in [1.165, 1.54) is 0 Å². The molecular weight excluding hydrogens is 330 g/mol. The van der Waals surface area contributed by atoms with Gasteiger partial charge in [0.2, 0.25) is 0 Å². The Morgan fingerprint density at radius 1 is 1.38 bits per heavy atom. The van der Waals surface area contributed by atoms with Crippen molar-refractivity contribution in [3.05, 3.63) is 63.7 Å². The molecule has 0 unspecified atom stereocenters. The number of primary amides is 1. The van der Waals surface area contributed by atoms with E-state index in [0.717, 1.165) is 48.1 Å². The third-order valence-corrected chi connectivity index (χ3v) is 5.02. The third kappa shape index (κ3) is 3.13. The van der Waals surface area contributed by atoms with Crippen molar-refractivity contribution in [2.45, 2.75) is 25.9 Å². The molecule has 1 aliphatic rings. The van der Waals surface area contributed by atoms with Gasteiger partial charge >= 0.3 is 0 Å². The lowest BCUT2D eigenvalue weighted by Gasteiger charge is -2.24. The van der Waals surface area contributed by atoms with E-state index in [-0.39, 0.29) is 5.56 Å². The Hall–Kier alpha value is -2.93. The Morgan fingerprint density at radius 3 is 3.08 bits per heavy atom. The number of hydrogen-bond acceptors (Lipinski definition) is 4. The number of aromatic nitrogens is 3. The number of benzene rings is 1. The third-order valence-electron chi connectivity index (χ3n) is 5.02. The number of H-pyrrole nitrogens is 1. The molecule has 0 radical (unpaired) electrons. The van der Waals surface area contributed by atoms with Gasteiger partial charge in [-0.25, -0.2) is 0 Å². The first kappa shape index (κ1) is 16.5. The van der Waals surface area contributed by atoms with Crippen LogP contribution in [0, 0.1) is 5.92 Å². The van der Waals surface area contributed by atoms with Crippen molar-refractivity contribution in [1.82, 2.24) is 20.1 Å². The lowest BCUT2D eigenvalue weighted by atomic mass is 9.94. The number of nitrogens with zero attached hydrogens (tertiary/aromatic N) is 2. The van der Waals surface area contributed by atoms with Gasteiger partial charge in [-0.3, -0.25) is 14.3 Å². The Bertz CT molecular complexity index is 1020. The van der Waals surface area contributed by atoms with Crippen LogP contribution in [-0.4, -0.2) is 27.2 Å². The van der Waals surface area contributed by atoms with Crippen molar-refractivity contribution in [2.24, 2.45) is 11.7 Å². The van der Waals surface area contributed by atoms with Crippen LogP contribution in [0.5, 0.6) is 0 Å². The lowest BCUT2D eigenvalue weighted by Crippen LogP contribution is -2.31. The molecule has 3 aromatic rings. The summed E-state index contributed by atoms with van der Waals surface area (Å²) in [6, 6.07) is 9.68. The number of hydrogen-bond donors (Lipinski definition) is 3. The van der Waals surface area contributed by atoms with E-state index in [0.29, 0.717) is 18.0 Å². The van der Waals surface area contributed by atoms with Crippen LogP contribution in [0.1, 0.15) is 28.0 Å². The molecule has 0 aliphatic carbocycles. The molecule has 4 N–H and O–H groups in total. The second-order valence-electron chi connectivity index (χ2n) is 6.79. The van der Waals surface area contributed by atoms with Crippen LogP contribution in [0.4, 0.5) is 0 Å². The zero-order valence-corrected chi connectivity index (χ0v) is 14.4. The number of aryl methyl sites for hydroxylation is 1. The summed E-state index contributed by atoms with van der Waals surface area (Å²) in [5.41, 5.74) is 8.36. The predicted molar refractivity (Wildman–Crippen MR) is 98.8 cm³/mol. The first-order chi connectivity index (χ1) is 12.6. The quantitative estimate of drug-likeness (QED) is 0.642. The maximum Gasteiger partial charge on any atom is 0.252 e. The highest BCUT2D eigenvalue weighted by molar-refractivity contribution is 5.93. The van der Waals surface area contributed by atoms with Gasteiger partial charge in [-0.2, -0.15) is 5.10 Å². The Balaban J connectivity index is 1.41. The monoisotopic (exact) mass is 351 g/mol. The maximum absolute atomic E-state index is 12.2. The van der Waals surface area contributed by atoms with Gasteiger partial charge in [-0.15, -0.1) is 0 Å². The molecule has 1 amide bonds. The standard InChI is InChI=1S/C19H21N5O2/c20-18(25)15-11-22-24-6-5-12(7-17(15)24)9-21-10-14-8-13-3-1-2-4-16(13)23-19(14)26/h1-4,8,11-12,21H,5-7,9-10H2,(H2,20,25)(H,23,26)/t12-/m0/s1. The van der Waals surface area contributed by atoms with Gasteiger partial charge in [-0.05, 0) is 42.8 Å². The summed E-state index contributed by atoms with van der Waals surface area (Å²) in [5.74, 6) is -0.0422. The van der Waals surface area contributed by atoms with Crippen LogP contribution in [0.15, 0.2) is 41.3 Å². The highest BCUT2D eigenvalue weighted by Crippen LogP contribution is 2.22. The molecule has 0 fully saturated rings. The molecule has 134 valence electrons. The average molecular weight is 351 g/mol. The van der Waals surface area contributed by atoms with E-state index < -0.39 is 5.91 Å². The van der Waals surface area contributed by atoms with E-state index in [4.69, 9.17) is 5.73 Å². The second kappa shape index (κ2) is 6.76. The molecule has 26 heavy (non-hydrogen) atoms. The summed E-state index contributed by atoms with van der Waals surface area (Å²) >= 11 is 0. The molecular formula is C19H21N5O2. The molecule has 0 bridgehead atoms. The Morgan fingerprint density at radius 2 is 2.23 bits per heavy atom. The minimum absolute atomic E-state index is 0.0612. The normalized spacial score (nSPS) is 16.5. The van der Waals surface area contributed by atoms with Crippen LogP contribution in [0.2, 0.25) is 0 Å². The largest absolute Gasteiger partial charge is 0.365 e. The number of nitrogens with two attached hydrogens (primary N) is 1. The van der Waals surface area contributed by atoms with Crippen molar-refractivity contribution in [3.8, 4) is 0 Å². The highest BCUT2D eigenvalue weighted by Gasteiger charge is 2.24. The highest BCUT2D eigenvalue weighted by atomic mass is 16.1. The number of fused-ring (bicyclic) bond motifs is 2.